The van der Waals surface area contributed by atoms with Gasteiger partial charge in [-0.25, -0.2) is 0 Å². The molecule has 0 spiro atoms. The van der Waals surface area contributed by atoms with Gasteiger partial charge in [0.2, 0.25) is 0 Å². The number of rotatable bonds is 2. The van der Waals surface area contributed by atoms with E-state index in [0.717, 1.165) is 50.1 Å². The number of ether oxygens (including phenoxy) is 1. The van der Waals surface area contributed by atoms with Gasteiger partial charge in [0.05, 0.1) is 12.7 Å². The largest absolute Gasteiger partial charge is 0.497 e. The lowest BCUT2D eigenvalue weighted by molar-refractivity contribution is -0.142. The zero-order valence-corrected chi connectivity index (χ0v) is 14.4. The molecule has 3 nitrogen and oxygen atoms in total. The van der Waals surface area contributed by atoms with Crippen molar-refractivity contribution in [1.82, 2.24) is 4.90 Å². The maximum absolute atomic E-state index is 11.9. The predicted octanol–water partition coefficient (Wildman–Crippen LogP) is 3.20. The van der Waals surface area contributed by atoms with E-state index in [1.54, 1.807) is 7.11 Å². The van der Waals surface area contributed by atoms with Crippen LogP contribution in [0.15, 0.2) is 18.2 Å². The number of aryl methyl sites for hydroxylation is 1. The third kappa shape index (κ3) is 2.35. The summed E-state index contributed by atoms with van der Waals surface area (Å²) in [6.07, 6.45) is 4.19. The van der Waals surface area contributed by atoms with Crippen LogP contribution in [0.1, 0.15) is 44.2 Å². The minimum atomic E-state index is -0.728. The SMILES string of the molecule is COc1ccc2c(c1)CCC(C)(C)C2(O)C1CCN(C)CC1. The van der Waals surface area contributed by atoms with E-state index in [9.17, 15) is 5.11 Å². The molecule has 122 valence electrons. The Morgan fingerprint density at radius 1 is 1.23 bits per heavy atom. The van der Waals surface area contributed by atoms with Crippen LogP contribution in [0, 0.1) is 11.3 Å². The fraction of sp³-hybridized carbons (Fsp3) is 0.684. The van der Waals surface area contributed by atoms with E-state index in [2.05, 4.69) is 37.9 Å². The van der Waals surface area contributed by atoms with Gasteiger partial charge in [-0.3, -0.25) is 0 Å². The molecular weight excluding hydrogens is 274 g/mol. The Morgan fingerprint density at radius 3 is 2.55 bits per heavy atom. The van der Waals surface area contributed by atoms with Gasteiger partial charge in [0, 0.05) is 0 Å². The van der Waals surface area contributed by atoms with Gasteiger partial charge in [0.1, 0.15) is 5.75 Å². The summed E-state index contributed by atoms with van der Waals surface area (Å²) in [6, 6.07) is 6.22. The maximum atomic E-state index is 11.9. The summed E-state index contributed by atoms with van der Waals surface area (Å²) in [6.45, 7) is 6.63. The van der Waals surface area contributed by atoms with Gasteiger partial charge in [-0.2, -0.15) is 0 Å². The highest BCUT2D eigenvalue weighted by Crippen LogP contribution is 2.54. The summed E-state index contributed by atoms with van der Waals surface area (Å²) in [7, 11) is 3.88. The zero-order chi connectivity index (χ0) is 16.0. The van der Waals surface area contributed by atoms with E-state index in [-0.39, 0.29) is 5.41 Å². The van der Waals surface area contributed by atoms with Crippen LogP contribution in [0.3, 0.4) is 0 Å². The fourth-order valence-corrected chi connectivity index (χ4v) is 4.48. The first-order valence-corrected chi connectivity index (χ1v) is 8.47. The summed E-state index contributed by atoms with van der Waals surface area (Å²) in [5, 5.41) is 11.9. The normalized spacial score (nSPS) is 29.1. The number of aliphatic hydroxyl groups is 1. The standard InChI is InChI=1S/C19H29NO2/c1-18(2)10-7-14-13-16(22-4)5-6-17(14)19(18,21)15-8-11-20(3)12-9-15/h5-6,13,15,21H,7-12H2,1-4H3. The number of fused-ring (bicyclic) bond motifs is 1. The summed E-state index contributed by atoms with van der Waals surface area (Å²) in [5.41, 5.74) is 1.59. The van der Waals surface area contributed by atoms with Crippen LogP contribution in [-0.2, 0) is 12.0 Å². The summed E-state index contributed by atoms with van der Waals surface area (Å²) < 4.78 is 5.37. The molecule has 1 fully saturated rings. The minimum absolute atomic E-state index is 0.0881. The molecule has 22 heavy (non-hydrogen) atoms. The molecule has 0 radical (unpaired) electrons. The van der Waals surface area contributed by atoms with Crippen molar-refractivity contribution in [2.45, 2.75) is 45.1 Å². The average Bonchev–Trinajstić information content (AvgIpc) is 2.51. The number of hydrogen-bond donors (Lipinski definition) is 1. The molecule has 2 aliphatic rings. The molecule has 0 amide bonds. The van der Waals surface area contributed by atoms with E-state index in [4.69, 9.17) is 4.74 Å². The van der Waals surface area contributed by atoms with Crippen LogP contribution in [0.4, 0.5) is 0 Å². The zero-order valence-electron chi connectivity index (χ0n) is 14.4. The number of hydrogen-bond acceptors (Lipinski definition) is 3. The molecule has 1 aromatic carbocycles. The molecule has 1 unspecified atom stereocenters. The molecule has 3 rings (SSSR count). The third-order valence-electron chi connectivity index (χ3n) is 6.08. The van der Waals surface area contributed by atoms with Gasteiger partial charge in [0.15, 0.2) is 0 Å². The molecule has 1 heterocycles. The first-order valence-electron chi connectivity index (χ1n) is 8.47. The van der Waals surface area contributed by atoms with Gasteiger partial charge in [-0.05, 0) is 80.4 Å². The number of benzene rings is 1. The van der Waals surface area contributed by atoms with E-state index in [1.807, 2.05) is 6.07 Å². The quantitative estimate of drug-likeness (QED) is 0.911. The van der Waals surface area contributed by atoms with Gasteiger partial charge in [-0.1, -0.05) is 19.9 Å². The van der Waals surface area contributed by atoms with Crippen molar-refractivity contribution in [1.29, 1.82) is 0 Å². The van der Waals surface area contributed by atoms with Crippen LogP contribution < -0.4 is 4.74 Å². The van der Waals surface area contributed by atoms with E-state index < -0.39 is 5.60 Å². The van der Waals surface area contributed by atoms with Crippen LogP contribution in [0.2, 0.25) is 0 Å². The molecule has 1 atom stereocenters. The number of piperidine rings is 1. The third-order valence-corrected chi connectivity index (χ3v) is 6.08. The van der Waals surface area contributed by atoms with Gasteiger partial charge < -0.3 is 14.7 Å². The Bertz CT molecular complexity index is 546. The number of methoxy groups -OCH3 is 1. The molecule has 0 aromatic heterocycles. The smallest absolute Gasteiger partial charge is 0.119 e. The Morgan fingerprint density at radius 2 is 1.91 bits per heavy atom. The Hall–Kier alpha value is -1.06. The average molecular weight is 303 g/mol. The van der Waals surface area contributed by atoms with E-state index in [1.165, 1.54) is 5.56 Å². The molecule has 0 saturated carbocycles. The van der Waals surface area contributed by atoms with Gasteiger partial charge in [0.25, 0.3) is 0 Å². The fourth-order valence-electron chi connectivity index (χ4n) is 4.48. The molecular formula is C19H29NO2. The highest BCUT2D eigenvalue weighted by atomic mass is 16.5. The Labute approximate surface area is 134 Å². The number of nitrogens with zero attached hydrogens (tertiary/aromatic N) is 1. The van der Waals surface area contributed by atoms with Crippen molar-refractivity contribution >= 4 is 0 Å². The predicted molar refractivity (Wildman–Crippen MR) is 89.2 cm³/mol. The Balaban J connectivity index is 2.04. The van der Waals surface area contributed by atoms with Crippen molar-refractivity contribution in [2.24, 2.45) is 11.3 Å². The lowest BCUT2D eigenvalue weighted by Crippen LogP contribution is -2.53. The topological polar surface area (TPSA) is 32.7 Å². The molecule has 1 aliphatic carbocycles. The van der Waals surface area contributed by atoms with Crippen molar-refractivity contribution in [3.05, 3.63) is 29.3 Å². The monoisotopic (exact) mass is 303 g/mol. The number of likely N-dealkylation sites (tertiary alicyclic amines) is 1. The second-order valence-corrected chi connectivity index (χ2v) is 7.75. The van der Waals surface area contributed by atoms with Crippen LogP contribution >= 0.6 is 0 Å². The van der Waals surface area contributed by atoms with Crippen molar-refractivity contribution in [2.75, 3.05) is 27.2 Å². The lowest BCUT2D eigenvalue weighted by atomic mass is 9.56. The summed E-state index contributed by atoms with van der Waals surface area (Å²) in [4.78, 5) is 2.37. The van der Waals surface area contributed by atoms with Crippen molar-refractivity contribution in [3.63, 3.8) is 0 Å². The maximum Gasteiger partial charge on any atom is 0.119 e. The lowest BCUT2D eigenvalue weighted by Gasteiger charge is -2.53. The second kappa shape index (κ2) is 5.54. The summed E-state index contributed by atoms with van der Waals surface area (Å²) >= 11 is 0. The van der Waals surface area contributed by atoms with Gasteiger partial charge >= 0.3 is 0 Å². The molecule has 1 aliphatic heterocycles. The molecule has 1 N–H and O–H groups in total. The highest BCUT2D eigenvalue weighted by Gasteiger charge is 2.53. The second-order valence-electron chi connectivity index (χ2n) is 7.75. The van der Waals surface area contributed by atoms with Crippen molar-refractivity contribution < 1.29 is 9.84 Å². The van der Waals surface area contributed by atoms with Crippen LogP contribution in [0.25, 0.3) is 0 Å². The molecule has 1 aromatic rings. The molecule has 0 bridgehead atoms. The molecule has 3 heteroatoms. The van der Waals surface area contributed by atoms with Gasteiger partial charge in [-0.15, -0.1) is 0 Å². The Kier molecular flexibility index (Phi) is 3.98. The minimum Gasteiger partial charge on any atom is -0.497 e. The highest BCUT2D eigenvalue weighted by molar-refractivity contribution is 5.43. The van der Waals surface area contributed by atoms with Crippen molar-refractivity contribution in [3.8, 4) is 5.75 Å². The first kappa shape index (κ1) is 15.8. The van der Waals surface area contributed by atoms with Crippen LogP contribution in [0.5, 0.6) is 5.75 Å². The first-order chi connectivity index (χ1) is 10.4. The van der Waals surface area contributed by atoms with E-state index >= 15 is 0 Å². The van der Waals surface area contributed by atoms with Crippen LogP contribution in [-0.4, -0.2) is 37.3 Å². The molecule has 1 saturated heterocycles. The van der Waals surface area contributed by atoms with E-state index in [0.29, 0.717) is 5.92 Å². The summed E-state index contributed by atoms with van der Waals surface area (Å²) in [5.74, 6) is 1.23.